The number of Topliss-reactive ketones (excluding diaryl/α,β-unsaturated/α-hetero) is 1. The molecule has 1 amide bonds. The minimum absolute atomic E-state index is 0.0705. The van der Waals surface area contributed by atoms with Gasteiger partial charge in [-0.3, -0.25) is 9.59 Å². The molecule has 2 atom stereocenters. The summed E-state index contributed by atoms with van der Waals surface area (Å²) in [4.78, 5) is 24.9. The van der Waals surface area contributed by atoms with Crippen LogP contribution in [-0.2, 0) is 14.3 Å². The number of ether oxygens (including phenoxy) is 1. The third-order valence-corrected chi connectivity index (χ3v) is 3.08. The molecule has 78 valence electrons. The predicted octanol–water partition coefficient (Wildman–Crippen LogP) is 0.703. The van der Waals surface area contributed by atoms with Gasteiger partial charge in [-0.05, 0) is 19.3 Å². The van der Waals surface area contributed by atoms with Crippen molar-refractivity contribution in [3.8, 4) is 0 Å². The van der Waals surface area contributed by atoms with Crippen molar-refractivity contribution in [2.45, 2.75) is 44.4 Å². The molecule has 2 fully saturated rings. The Bertz CT molecular complexity index is 264. The van der Waals surface area contributed by atoms with Crippen molar-refractivity contribution in [1.29, 1.82) is 0 Å². The first-order valence-corrected chi connectivity index (χ1v) is 5.10. The van der Waals surface area contributed by atoms with Crippen molar-refractivity contribution in [2.75, 3.05) is 7.11 Å². The zero-order valence-corrected chi connectivity index (χ0v) is 8.36. The fourth-order valence-electron chi connectivity index (χ4n) is 2.37. The quantitative estimate of drug-likeness (QED) is 0.621. The topological polar surface area (TPSA) is 46.6 Å². The molecular formula is C10H15NO3. The Morgan fingerprint density at radius 3 is 2.79 bits per heavy atom. The van der Waals surface area contributed by atoms with Gasteiger partial charge < -0.3 is 9.64 Å². The number of rotatable bonds is 1. The molecule has 0 aromatic heterocycles. The first-order chi connectivity index (χ1) is 6.74. The number of methoxy groups -OCH3 is 1. The van der Waals surface area contributed by atoms with Gasteiger partial charge in [-0.25, -0.2) is 0 Å². The van der Waals surface area contributed by atoms with Crippen LogP contribution in [0, 0.1) is 0 Å². The first-order valence-electron chi connectivity index (χ1n) is 5.10. The second-order valence-electron chi connectivity index (χ2n) is 3.90. The van der Waals surface area contributed by atoms with Crippen LogP contribution in [0.4, 0.5) is 0 Å². The monoisotopic (exact) mass is 197 g/mol. The highest BCUT2D eigenvalue weighted by Crippen LogP contribution is 2.28. The molecule has 2 saturated heterocycles. The molecule has 0 spiro atoms. The molecule has 4 nitrogen and oxygen atoms in total. The smallest absolute Gasteiger partial charge is 0.225 e. The summed E-state index contributed by atoms with van der Waals surface area (Å²) in [5.41, 5.74) is 0. The lowest BCUT2D eigenvalue weighted by molar-refractivity contribution is -0.165. The maximum Gasteiger partial charge on any atom is 0.225 e. The van der Waals surface area contributed by atoms with Gasteiger partial charge in [0, 0.05) is 20.0 Å². The number of piperidine rings is 2. The van der Waals surface area contributed by atoms with E-state index in [1.54, 1.807) is 12.0 Å². The van der Waals surface area contributed by atoms with Crippen molar-refractivity contribution in [2.24, 2.45) is 0 Å². The zero-order valence-electron chi connectivity index (χ0n) is 8.36. The van der Waals surface area contributed by atoms with E-state index in [1.807, 2.05) is 0 Å². The molecule has 0 saturated carbocycles. The van der Waals surface area contributed by atoms with E-state index < -0.39 is 0 Å². The number of nitrogens with zero attached hydrogens (tertiary/aromatic N) is 1. The Labute approximate surface area is 83.2 Å². The molecule has 0 aromatic rings. The highest BCUT2D eigenvalue weighted by molar-refractivity contribution is 5.91. The summed E-state index contributed by atoms with van der Waals surface area (Å²) in [6.07, 6.45) is 3.23. The Morgan fingerprint density at radius 1 is 1.29 bits per heavy atom. The Hall–Kier alpha value is -0.900. The minimum Gasteiger partial charge on any atom is -0.361 e. The van der Waals surface area contributed by atoms with Gasteiger partial charge in [0.1, 0.15) is 6.23 Å². The van der Waals surface area contributed by atoms with Gasteiger partial charge in [0.25, 0.3) is 0 Å². The molecule has 2 heterocycles. The van der Waals surface area contributed by atoms with Gasteiger partial charge in [-0.15, -0.1) is 0 Å². The van der Waals surface area contributed by atoms with Gasteiger partial charge in [0.15, 0.2) is 5.78 Å². The molecule has 0 aliphatic carbocycles. The average Bonchev–Trinajstić information content (AvgIpc) is 2.20. The highest BCUT2D eigenvalue weighted by Gasteiger charge is 2.41. The molecule has 0 aromatic carbocycles. The van der Waals surface area contributed by atoms with Crippen LogP contribution in [0.2, 0.25) is 0 Å². The van der Waals surface area contributed by atoms with E-state index in [1.165, 1.54) is 0 Å². The van der Waals surface area contributed by atoms with E-state index in [0.29, 0.717) is 19.3 Å². The minimum atomic E-state index is -0.199. The zero-order chi connectivity index (χ0) is 10.1. The summed E-state index contributed by atoms with van der Waals surface area (Å²) in [5.74, 6) is 0.271. The van der Waals surface area contributed by atoms with Crippen LogP contribution in [0.1, 0.15) is 32.1 Å². The number of fused-ring (bicyclic) bond motifs is 1. The van der Waals surface area contributed by atoms with Crippen molar-refractivity contribution >= 4 is 11.7 Å². The molecule has 0 bridgehead atoms. The molecule has 4 heteroatoms. The summed E-state index contributed by atoms with van der Waals surface area (Å²) < 4.78 is 5.23. The fraction of sp³-hybridized carbons (Fsp3) is 0.800. The van der Waals surface area contributed by atoms with Crippen LogP contribution in [0.5, 0.6) is 0 Å². The summed E-state index contributed by atoms with van der Waals surface area (Å²) in [6.45, 7) is 0. The van der Waals surface area contributed by atoms with E-state index >= 15 is 0 Å². The number of ketones is 1. The van der Waals surface area contributed by atoms with Gasteiger partial charge in [0.2, 0.25) is 5.91 Å². The van der Waals surface area contributed by atoms with Crippen molar-refractivity contribution in [1.82, 2.24) is 4.90 Å². The lowest BCUT2D eigenvalue weighted by Crippen LogP contribution is -2.56. The van der Waals surface area contributed by atoms with Gasteiger partial charge in [0.05, 0.1) is 6.04 Å². The number of carbonyl (C=O) groups is 2. The lowest BCUT2D eigenvalue weighted by atomic mass is 9.91. The maximum absolute atomic E-state index is 11.6. The SMILES string of the molecule is CO[C@@H]1CCC(=O)[C@H]2CCCC(=O)N21. The maximum atomic E-state index is 11.6. The van der Waals surface area contributed by atoms with E-state index in [-0.39, 0.29) is 24.0 Å². The molecular weight excluding hydrogens is 182 g/mol. The normalized spacial score (nSPS) is 33.1. The van der Waals surface area contributed by atoms with E-state index in [4.69, 9.17) is 4.74 Å². The van der Waals surface area contributed by atoms with Crippen molar-refractivity contribution in [3.05, 3.63) is 0 Å². The fourth-order valence-corrected chi connectivity index (χ4v) is 2.37. The van der Waals surface area contributed by atoms with Crippen molar-refractivity contribution in [3.63, 3.8) is 0 Å². The van der Waals surface area contributed by atoms with Crippen LogP contribution < -0.4 is 0 Å². The van der Waals surface area contributed by atoms with Crippen LogP contribution in [0.25, 0.3) is 0 Å². The van der Waals surface area contributed by atoms with Gasteiger partial charge >= 0.3 is 0 Å². The summed E-state index contributed by atoms with van der Waals surface area (Å²) in [7, 11) is 1.60. The third kappa shape index (κ3) is 1.43. The second kappa shape index (κ2) is 3.69. The molecule has 0 unspecified atom stereocenters. The van der Waals surface area contributed by atoms with Crippen LogP contribution in [0.3, 0.4) is 0 Å². The standard InChI is InChI=1S/C10H15NO3/c1-14-10-6-5-8(12)7-3-2-4-9(13)11(7)10/h7,10H,2-6H2,1H3/t7-,10-/m1/s1. The molecule has 14 heavy (non-hydrogen) atoms. The Morgan fingerprint density at radius 2 is 2.07 bits per heavy atom. The summed E-state index contributed by atoms with van der Waals surface area (Å²) >= 11 is 0. The average molecular weight is 197 g/mol. The third-order valence-electron chi connectivity index (χ3n) is 3.08. The molecule has 2 rings (SSSR count). The number of hydrogen-bond donors (Lipinski definition) is 0. The Balaban J connectivity index is 2.21. The Kier molecular flexibility index (Phi) is 2.54. The molecule has 2 aliphatic rings. The second-order valence-corrected chi connectivity index (χ2v) is 3.90. The number of carbonyl (C=O) groups excluding carboxylic acids is 2. The first kappa shape index (κ1) is 9.65. The van der Waals surface area contributed by atoms with E-state index in [0.717, 1.165) is 12.8 Å². The molecule has 0 N–H and O–H groups in total. The number of hydrogen-bond acceptors (Lipinski definition) is 3. The van der Waals surface area contributed by atoms with Gasteiger partial charge in [-0.2, -0.15) is 0 Å². The predicted molar refractivity (Wildman–Crippen MR) is 49.5 cm³/mol. The lowest BCUT2D eigenvalue weighted by Gasteiger charge is -2.42. The van der Waals surface area contributed by atoms with Crippen LogP contribution in [-0.4, -0.2) is 36.0 Å². The largest absolute Gasteiger partial charge is 0.361 e. The van der Waals surface area contributed by atoms with Crippen LogP contribution >= 0.6 is 0 Å². The summed E-state index contributed by atoms with van der Waals surface area (Å²) in [6, 6.07) is -0.199. The van der Waals surface area contributed by atoms with Crippen LogP contribution in [0.15, 0.2) is 0 Å². The highest BCUT2D eigenvalue weighted by atomic mass is 16.5. The summed E-state index contributed by atoms with van der Waals surface area (Å²) in [5, 5.41) is 0. The van der Waals surface area contributed by atoms with E-state index in [9.17, 15) is 9.59 Å². The molecule has 2 aliphatic heterocycles. The van der Waals surface area contributed by atoms with Gasteiger partial charge in [-0.1, -0.05) is 0 Å². The number of amides is 1. The molecule has 0 radical (unpaired) electrons. The van der Waals surface area contributed by atoms with E-state index in [2.05, 4.69) is 0 Å². The van der Waals surface area contributed by atoms with Crippen molar-refractivity contribution < 1.29 is 14.3 Å².